The fourth-order valence-corrected chi connectivity index (χ4v) is 4.81. The predicted molar refractivity (Wildman–Crippen MR) is 125 cm³/mol. The number of allylic oxidation sites excluding steroid dienone is 1. The molecular formula is C24H29N3O3S. The van der Waals surface area contributed by atoms with Crippen LogP contribution < -0.4 is 0 Å². The molecular weight excluding hydrogens is 410 g/mol. The minimum absolute atomic E-state index is 0.0585. The SMILES string of the molecule is C=CCOC(=O)C1=C(C)N=C2SC=C(CC(=O)N(CC)CC)N2C1c1cccc(C)c1. The fraction of sp³-hybridized carbons (Fsp3) is 0.375. The average Bonchev–Trinajstić information content (AvgIpc) is 3.13. The third kappa shape index (κ3) is 4.77. The summed E-state index contributed by atoms with van der Waals surface area (Å²) in [5.74, 6) is -0.360. The van der Waals surface area contributed by atoms with Crippen molar-refractivity contribution in [3.63, 3.8) is 0 Å². The van der Waals surface area contributed by atoms with E-state index in [9.17, 15) is 9.59 Å². The van der Waals surface area contributed by atoms with Gasteiger partial charge in [-0.15, -0.1) is 0 Å². The lowest BCUT2D eigenvalue weighted by Gasteiger charge is -2.36. The number of rotatable bonds is 8. The zero-order valence-corrected chi connectivity index (χ0v) is 19.4. The minimum Gasteiger partial charge on any atom is -0.458 e. The molecule has 2 heterocycles. The van der Waals surface area contributed by atoms with E-state index in [4.69, 9.17) is 4.74 Å². The lowest BCUT2D eigenvalue weighted by molar-refractivity contribution is -0.138. The predicted octanol–water partition coefficient (Wildman–Crippen LogP) is 4.56. The Morgan fingerprint density at radius 1 is 1.29 bits per heavy atom. The first-order chi connectivity index (χ1) is 14.9. The highest BCUT2D eigenvalue weighted by Gasteiger charge is 2.41. The zero-order valence-electron chi connectivity index (χ0n) is 18.6. The van der Waals surface area contributed by atoms with Crippen LogP contribution in [0.4, 0.5) is 0 Å². The van der Waals surface area contributed by atoms with Crippen LogP contribution in [0.1, 0.15) is 44.4 Å². The molecule has 1 aromatic carbocycles. The van der Waals surface area contributed by atoms with Crippen molar-refractivity contribution in [2.45, 2.75) is 40.2 Å². The topological polar surface area (TPSA) is 62.2 Å². The molecule has 0 saturated heterocycles. The number of ether oxygens (including phenoxy) is 1. The first-order valence-corrected chi connectivity index (χ1v) is 11.4. The summed E-state index contributed by atoms with van der Waals surface area (Å²) in [6.07, 6.45) is 1.80. The molecule has 164 valence electrons. The molecule has 31 heavy (non-hydrogen) atoms. The Labute approximate surface area is 188 Å². The summed E-state index contributed by atoms with van der Waals surface area (Å²) >= 11 is 1.48. The molecule has 0 radical (unpaired) electrons. The standard InChI is InChI=1S/C24H29N3O3S/c1-6-12-30-23(29)21-17(5)25-24-27(22(21)18-11-9-10-16(4)13-18)19(15-31-24)14-20(28)26(7-2)8-3/h6,9-11,13,15,22H,1,7-8,12,14H2,2-5H3. The molecule has 2 aliphatic rings. The highest BCUT2D eigenvalue weighted by Crippen LogP contribution is 2.45. The van der Waals surface area contributed by atoms with Gasteiger partial charge in [0.1, 0.15) is 6.61 Å². The molecule has 1 amide bonds. The van der Waals surface area contributed by atoms with Gasteiger partial charge in [-0.25, -0.2) is 9.79 Å². The third-order valence-corrected chi connectivity index (χ3v) is 6.25. The Balaban J connectivity index is 2.04. The van der Waals surface area contributed by atoms with Gasteiger partial charge >= 0.3 is 5.97 Å². The number of carbonyl (C=O) groups is 2. The molecule has 1 aromatic rings. The number of aliphatic imine (C=N–C) groups is 1. The molecule has 1 atom stereocenters. The van der Waals surface area contributed by atoms with Crippen molar-refractivity contribution in [3.8, 4) is 0 Å². The summed E-state index contributed by atoms with van der Waals surface area (Å²) in [4.78, 5) is 34.4. The summed E-state index contributed by atoms with van der Waals surface area (Å²) in [5.41, 5.74) is 4.01. The molecule has 3 rings (SSSR count). The fourth-order valence-electron chi connectivity index (χ4n) is 3.84. The van der Waals surface area contributed by atoms with E-state index < -0.39 is 12.0 Å². The van der Waals surface area contributed by atoms with Crippen LogP contribution in [0.15, 0.2) is 64.3 Å². The van der Waals surface area contributed by atoms with Crippen LogP contribution in [0, 0.1) is 6.92 Å². The molecule has 1 unspecified atom stereocenters. The second kappa shape index (κ2) is 10.0. The van der Waals surface area contributed by atoms with Gasteiger partial charge in [0.25, 0.3) is 0 Å². The monoisotopic (exact) mass is 439 g/mol. The maximum absolute atomic E-state index is 13.0. The van der Waals surface area contributed by atoms with Gasteiger partial charge < -0.3 is 14.5 Å². The van der Waals surface area contributed by atoms with Gasteiger partial charge in [0, 0.05) is 18.8 Å². The molecule has 0 aromatic heterocycles. The smallest absolute Gasteiger partial charge is 0.338 e. The first-order valence-electron chi connectivity index (χ1n) is 10.5. The molecule has 0 spiro atoms. The summed E-state index contributed by atoms with van der Waals surface area (Å²) in [7, 11) is 0. The molecule has 2 aliphatic heterocycles. The van der Waals surface area contributed by atoms with E-state index in [1.165, 1.54) is 11.8 Å². The number of aryl methyl sites for hydroxylation is 1. The number of hydrogen-bond donors (Lipinski definition) is 0. The Morgan fingerprint density at radius 3 is 2.68 bits per heavy atom. The maximum atomic E-state index is 13.0. The Bertz CT molecular complexity index is 976. The lowest BCUT2D eigenvalue weighted by Crippen LogP contribution is -2.38. The van der Waals surface area contributed by atoms with Gasteiger partial charge in [-0.05, 0) is 38.7 Å². The van der Waals surface area contributed by atoms with Crippen LogP contribution in [0.3, 0.4) is 0 Å². The first kappa shape index (κ1) is 22.9. The van der Waals surface area contributed by atoms with E-state index in [2.05, 4.69) is 17.6 Å². The minimum atomic E-state index is -0.418. The molecule has 0 fully saturated rings. The summed E-state index contributed by atoms with van der Waals surface area (Å²) < 4.78 is 5.41. The number of amides is 1. The highest BCUT2D eigenvalue weighted by molar-refractivity contribution is 8.16. The number of hydrogen-bond acceptors (Lipinski definition) is 6. The van der Waals surface area contributed by atoms with Gasteiger partial charge in [-0.1, -0.05) is 54.2 Å². The van der Waals surface area contributed by atoms with Gasteiger partial charge in [-0.3, -0.25) is 4.79 Å². The number of benzene rings is 1. The van der Waals surface area contributed by atoms with E-state index in [1.807, 2.05) is 61.1 Å². The van der Waals surface area contributed by atoms with Crippen LogP contribution in [-0.2, 0) is 14.3 Å². The van der Waals surface area contributed by atoms with E-state index in [0.29, 0.717) is 24.4 Å². The summed E-state index contributed by atoms with van der Waals surface area (Å²) in [6.45, 7) is 12.9. The Morgan fingerprint density at radius 2 is 2.03 bits per heavy atom. The average molecular weight is 440 g/mol. The van der Waals surface area contributed by atoms with E-state index in [0.717, 1.165) is 22.0 Å². The van der Waals surface area contributed by atoms with Crippen molar-refractivity contribution < 1.29 is 14.3 Å². The van der Waals surface area contributed by atoms with Crippen LogP contribution in [0.5, 0.6) is 0 Å². The number of nitrogens with zero attached hydrogens (tertiary/aromatic N) is 3. The van der Waals surface area contributed by atoms with Crippen LogP contribution in [-0.4, -0.2) is 46.5 Å². The van der Waals surface area contributed by atoms with E-state index in [1.54, 1.807) is 6.08 Å². The second-order valence-electron chi connectivity index (χ2n) is 7.44. The number of thioether (sulfide) groups is 1. The molecule has 0 N–H and O–H groups in total. The molecule has 0 saturated carbocycles. The number of carbonyl (C=O) groups excluding carboxylic acids is 2. The van der Waals surface area contributed by atoms with Crippen molar-refractivity contribution in [1.29, 1.82) is 0 Å². The highest BCUT2D eigenvalue weighted by atomic mass is 32.2. The summed E-state index contributed by atoms with van der Waals surface area (Å²) in [6, 6.07) is 7.66. The van der Waals surface area contributed by atoms with Gasteiger partial charge in [-0.2, -0.15) is 0 Å². The summed E-state index contributed by atoms with van der Waals surface area (Å²) in [5, 5.41) is 2.74. The normalized spacial score (nSPS) is 17.7. The van der Waals surface area contributed by atoms with Crippen molar-refractivity contribution >= 4 is 28.8 Å². The van der Waals surface area contributed by atoms with Crippen molar-refractivity contribution in [3.05, 3.63) is 70.4 Å². The van der Waals surface area contributed by atoms with Crippen molar-refractivity contribution in [1.82, 2.24) is 9.80 Å². The molecule has 6 nitrogen and oxygen atoms in total. The van der Waals surface area contributed by atoms with Crippen molar-refractivity contribution in [2.75, 3.05) is 19.7 Å². The third-order valence-electron chi connectivity index (χ3n) is 5.36. The Kier molecular flexibility index (Phi) is 7.38. The van der Waals surface area contributed by atoms with Gasteiger partial charge in [0.15, 0.2) is 5.17 Å². The van der Waals surface area contributed by atoms with E-state index >= 15 is 0 Å². The zero-order chi connectivity index (χ0) is 22.5. The largest absolute Gasteiger partial charge is 0.458 e. The molecule has 7 heteroatoms. The van der Waals surface area contributed by atoms with Crippen LogP contribution >= 0.6 is 11.8 Å². The van der Waals surface area contributed by atoms with Crippen LogP contribution in [0.2, 0.25) is 0 Å². The Hall–Kier alpha value is -2.80. The maximum Gasteiger partial charge on any atom is 0.338 e. The number of amidine groups is 1. The lowest BCUT2D eigenvalue weighted by atomic mass is 9.93. The number of fused-ring (bicyclic) bond motifs is 1. The quantitative estimate of drug-likeness (QED) is 0.439. The van der Waals surface area contributed by atoms with Crippen LogP contribution in [0.25, 0.3) is 0 Å². The molecule has 0 bridgehead atoms. The second-order valence-corrected chi connectivity index (χ2v) is 8.27. The number of esters is 1. The molecule has 0 aliphatic carbocycles. The van der Waals surface area contributed by atoms with Crippen molar-refractivity contribution in [2.24, 2.45) is 4.99 Å². The van der Waals surface area contributed by atoms with Gasteiger partial charge in [0.2, 0.25) is 5.91 Å². The van der Waals surface area contributed by atoms with Gasteiger partial charge in [0.05, 0.1) is 23.7 Å². The van der Waals surface area contributed by atoms with E-state index in [-0.39, 0.29) is 18.9 Å².